The van der Waals surface area contributed by atoms with Gasteiger partial charge >= 0.3 is 5.97 Å². The lowest BCUT2D eigenvalue weighted by molar-refractivity contribution is -0.123. The SMILES string of the molecule is COc1ccc(C(=O)O[C@H](C)C(=O)Nc2ccccc2C#N)cc1Br. The summed E-state index contributed by atoms with van der Waals surface area (Å²) in [5, 5.41) is 11.6. The van der Waals surface area contributed by atoms with E-state index in [1.165, 1.54) is 14.0 Å². The third-order valence-electron chi connectivity index (χ3n) is 3.35. The Morgan fingerprint density at radius 2 is 1.96 bits per heavy atom. The lowest BCUT2D eigenvalue weighted by atomic mass is 10.2. The minimum absolute atomic E-state index is 0.282. The van der Waals surface area contributed by atoms with Gasteiger partial charge in [0.2, 0.25) is 0 Å². The third-order valence-corrected chi connectivity index (χ3v) is 3.97. The number of rotatable bonds is 5. The maximum atomic E-state index is 12.2. The molecule has 1 amide bonds. The number of hydrogen-bond acceptors (Lipinski definition) is 5. The number of hydrogen-bond donors (Lipinski definition) is 1. The fraction of sp³-hybridized carbons (Fsp3) is 0.167. The predicted octanol–water partition coefficient (Wildman–Crippen LogP) is 3.51. The molecule has 2 aromatic carbocycles. The van der Waals surface area contributed by atoms with Crippen molar-refractivity contribution in [2.24, 2.45) is 0 Å². The van der Waals surface area contributed by atoms with Crippen LogP contribution in [0.5, 0.6) is 5.75 Å². The number of carbonyl (C=O) groups is 2. The van der Waals surface area contributed by atoms with E-state index in [1.807, 2.05) is 6.07 Å². The Kier molecular flexibility index (Phi) is 6.14. The van der Waals surface area contributed by atoms with Crippen LogP contribution >= 0.6 is 15.9 Å². The highest BCUT2D eigenvalue weighted by molar-refractivity contribution is 9.10. The van der Waals surface area contributed by atoms with Gasteiger partial charge in [-0.15, -0.1) is 0 Å². The second-order valence-electron chi connectivity index (χ2n) is 5.04. The minimum atomic E-state index is -1.03. The summed E-state index contributed by atoms with van der Waals surface area (Å²) in [5.74, 6) is -0.585. The number of benzene rings is 2. The van der Waals surface area contributed by atoms with Gasteiger partial charge in [0.15, 0.2) is 6.10 Å². The number of nitriles is 1. The molecule has 0 fully saturated rings. The van der Waals surface area contributed by atoms with Gasteiger partial charge in [0.05, 0.1) is 28.4 Å². The van der Waals surface area contributed by atoms with Crippen molar-refractivity contribution in [3.63, 3.8) is 0 Å². The maximum Gasteiger partial charge on any atom is 0.338 e. The van der Waals surface area contributed by atoms with E-state index in [4.69, 9.17) is 14.7 Å². The highest BCUT2D eigenvalue weighted by Gasteiger charge is 2.20. The Labute approximate surface area is 153 Å². The number of amides is 1. The van der Waals surface area contributed by atoms with Crippen LogP contribution in [0.3, 0.4) is 0 Å². The summed E-state index contributed by atoms with van der Waals surface area (Å²) in [4.78, 5) is 24.4. The Morgan fingerprint density at radius 3 is 2.60 bits per heavy atom. The van der Waals surface area contributed by atoms with E-state index < -0.39 is 18.0 Å². The molecule has 2 rings (SSSR count). The summed E-state index contributed by atoms with van der Waals surface area (Å²) in [6.07, 6.45) is -1.03. The Bertz CT molecular complexity index is 845. The number of carbonyl (C=O) groups excluding carboxylic acids is 2. The smallest absolute Gasteiger partial charge is 0.338 e. The molecule has 7 heteroatoms. The highest BCUT2D eigenvalue weighted by atomic mass is 79.9. The van der Waals surface area contributed by atoms with Crippen molar-refractivity contribution < 1.29 is 19.1 Å². The largest absolute Gasteiger partial charge is 0.496 e. The molecule has 0 aliphatic rings. The van der Waals surface area contributed by atoms with Crippen LogP contribution in [-0.2, 0) is 9.53 Å². The second-order valence-corrected chi connectivity index (χ2v) is 5.90. The Hall–Kier alpha value is -2.85. The average molecular weight is 403 g/mol. The van der Waals surface area contributed by atoms with E-state index in [0.29, 0.717) is 21.5 Å². The van der Waals surface area contributed by atoms with Crippen LogP contribution in [0.4, 0.5) is 5.69 Å². The van der Waals surface area contributed by atoms with Gasteiger partial charge in [0.25, 0.3) is 5.91 Å². The maximum absolute atomic E-state index is 12.2. The Balaban J connectivity index is 2.04. The molecule has 6 nitrogen and oxygen atoms in total. The number of nitrogens with zero attached hydrogens (tertiary/aromatic N) is 1. The Morgan fingerprint density at radius 1 is 1.24 bits per heavy atom. The quantitative estimate of drug-likeness (QED) is 0.772. The van der Waals surface area contributed by atoms with Gasteiger partial charge in [0.1, 0.15) is 11.8 Å². The summed E-state index contributed by atoms with van der Waals surface area (Å²) >= 11 is 3.29. The van der Waals surface area contributed by atoms with E-state index in [2.05, 4.69) is 21.2 Å². The highest BCUT2D eigenvalue weighted by Crippen LogP contribution is 2.26. The average Bonchev–Trinajstić information content (AvgIpc) is 2.61. The molecule has 128 valence electrons. The number of methoxy groups -OCH3 is 1. The van der Waals surface area contributed by atoms with Gasteiger partial charge in [-0.25, -0.2) is 4.79 Å². The fourth-order valence-electron chi connectivity index (χ4n) is 2.00. The molecule has 25 heavy (non-hydrogen) atoms. The molecule has 1 N–H and O–H groups in total. The van der Waals surface area contributed by atoms with Crippen LogP contribution < -0.4 is 10.1 Å². The molecule has 0 aromatic heterocycles. The van der Waals surface area contributed by atoms with Crippen molar-refractivity contribution in [1.82, 2.24) is 0 Å². The van der Waals surface area contributed by atoms with Crippen molar-refractivity contribution >= 4 is 33.5 Å². The normalized spacial score (nSPS) is 11.1. The van der Waals surface area contributed by atoms with Gasteiger partial charge in [-0.1, -0.05) is 12.1 Å². The number of nitrogens with one attached hydrogen (secondary N) is 1. The van der Waals surface area contributed by atoms with Gasteiger partial charge in [-0.05, 0) is 53.2 Å². The van der Waals surface area contributed by atoms with E-state index in [0.717, 1.165) is 0 Å². The molecular weight excluding hydrogens is 388 g/mol. The molecule has 0 unspecified atom stereocenters. The minimum Gasteiger partial charge on any atom is -0.496 e. The lowest BCUT2D eigenvalue weighted by Crippen LogP contribution is -2.30. The topological polar surface area (TPSA) is 88.4 Å². The van der Waals surface area contributed by atoms with E-state index in [1.54, 1.807) is 42.5 Å². The zero-order valence-electron chi connectivity index (χ0n) is 13.6. The molecule has 1 atom stereocenters. The standard InChI is InChI=1S/C18H15BrN2O4/c1-11(17(22)21-15-6-4-3-5-13(15)10-20)25-18(23)12-7-8-16(24-2)14(19)9-12/h3-9,11H,1-2H3,(H,21,22)/t11-/m1/s1. The van der Waals surface area contributed by atoms with Crippen molar-refractivity contribution in [2.45, 2.75) is 13.0 Å². The molecule has 0 bridgehead atoms. The van der Waals surface area contributed by atoms with Crippen LogP contribution in [0.2, 0.25) is 0 Å². The fourth-order valence-corrected chi connectivity index (χ4v) is 2.54. The van der Waals surface area contributed by atoms with Gasteiger partial charge in [-0.2, -0.15) is 5.26 Å². The summed E-state index contributed by atoms with van der Waals surface area (Å²) in [7, 11) is 1.52. The summed E-state index contributed by atoms with van der Waals surface area (Å²) in [5.41, 5.74) is 0.975. The summed E-state index contributed by atoms with van der Waals surface area (Å²) in [6.45, 7) is 1.46. The first-order chi connectivity index (χ1) is 12.0. The number of esters is 1. The molecule has 0 saturated heterocycles. The molecule has 0 aliphatic heterocycles. The zero-order chi connectivity index (χ0) is 18.4. The third kappa shape index (κ3) is 4.58. The molecular formula is C18H15BrN2O4. The van der Waals surface area contributed by atoms with E-state index in [9.17, 15) is 9.59 Å². The van der Waals surface area contributed by atoms with Crippen molar-refractivity contribution in [1.29, 1.82) is 5.26 Å². The second kappa shape index (κ2) is 8.31. The first-order valence-corrected chi connectivity index (χ1v) is 8.10. The van der Waals surface area contributed by atoms with E-state index >= 15 is 0 Å². The monoisotopic (exact) mass is 402 g/mol. The zero-order valence-corrected chi connectivity index (χ0v) is 15.2. The first kappa shape index (κ1) is 18.5. The summed E-state index contributed by atoms with van der Waals surface area (Å²) < 4.78 is 10.9. The van der Waals surface area contributed by atoms with Gasteiger partial charge < -0.3 is 14.8 Å². The number of halogens is 1. The summed E-state index contributed by atoms with van der Waals surface area (Å²) in [6, 6.07) is 13.3. The number of para-hydroxylation sites is 1. The molecule has 0 saturated carbocycles. The van der Waals surface area contributed by atoms with Gasteiger partial charge in [0, 0.05) is 0 Å². The molecule has 0 radical (unpaired) electrons. The first-order valence-electron chi connectivity index (χ1n) is 7.30. The van der Waals surface area contributed by atoms with Crippen LogP contribution in [0.1, 0.15) is 22.8 Å². The van der Waals surface area contributed by atoms with Crippen LogP contribution in [0.15, 0.2) is 46.9 Å². The predicted molar refractivity (Wildman–Crippen MR) is 95.4 cm³/mol. The van der Waals surface area contributed by atoms with Crippen LogP contribution in [0, 0.1) is 11.3 Å². The molecule has 2 aromatic rings. The van der Waals surface area contributed by atoms with Gasteiger partial charge in [-0.3, -0.25) is 4.79 Å². The van der Waals surface area contributed by atoms with Crippen molar-refractivity contribution in [2.75, 3.05) is 12.4 Å². The lowest BCUT2D eigenvalue weighted by Gasteiger charge is -2.14. The van der Waals surface area contributed by atoms with Crippen molar-refractivity contribution in [3.05, 3.63) is 58.1 Å². The molecule has 0 spiro atoms. The number of ether oxygens (including phenoxy) is 2. The van der Waals surface area contributed by atoms with E-state index in [-0.39, 0.29) is 5.56 Å². The van der Waals surface area contributed by atoms with Crippen molar-refractivity contribution in [3.8, 4) is 11.8 Å². The molecule has 0 heterocycles. The molecule has 0 aliphatic carbocycles. The number of anilines is 1. The van der Waals surface area contributed by atoms with Crippen LogP contribution in [0.25, 0.3) is 0 Å². The van der Waals surface area contributed by atoms with Crippen LogP contribution in [-0.4, -0.2) is 25.1 Å².